The first-order valence-corrected chi connectivity index (χ1v) is 21.3. The number of hydrogen-bond donors (Lipinski definition) is 0. The molecule has 0 atom stereocenters. The second kappa shape index (κ2) is 15.8. The van der Waals surface area contributed by atoms with E-state index in [2.05, 4.69) is 73.0 Å². The normalized spacial score (nSPS) is 15.5. The zero-order chi connectivity index (χ0) is 51.2. The molecule has 4 heterocycles. The van der Waals surface area contributed by atoms with Crippen molar-refractivity contribution in [3.63, 3.8) is 0 Å². The third kappa shape index (κ3) is 7.11. The number of rotatable bonds is 8. The maximum absolute atomic E-state index is 9.15. The highest BCUT2D eigenvalue weighted by Gasteiger charge is 2.23. The number of nitrogens with zero attached hydrogens (tertiary/aromatic N) is 5. The minimum atomic E-state index is -0.559. The molecular formula is C57H49N5O. The van der Waals surface area contributed by atoms with Crippen LogP contribution in [0.4, 0.5) is 5.69 Å². The van der Waals surface area contributed by atoms with E-state index < -0.39 is 60.4 Å². The van der Waals surface area contributed by atoms with E-state index in [4.69, 9.17) is 23.4 Å². The molecule has 1 saturated heterocycles. The molecule has 308 valence electrons. The van der Waals surface area contributed by atoms with Gasteiger partial charge in [-0.25, -0.2) is 4.98 Å². The Balaban J connectivity index is 1.12. The van der Waals surface area contributed by atoms with Gasteiger partial charge in [0.25, 0.3) is 6.33 Å². The summed E-state index contributed by atoms with van der Waals surface area (Å²) in [6.45, 7) is 8.24. The van der Waals surface area contributed by atoms with E-state index in [1.165, 1.54) is 0 Å². The first kappa shape index (κ1) is 29.0. The summed E-state index contributed by atoms with van der Waals surface area (Å²) in [6, 6.07) is 31.9. The second-order valence-corrected chi connectivity index (χ2v) is 17.0. The lowest BCUT2D eigenvalue weighted by Crippen LogP contribution is -2.32. The number of para-hydroxylation sites is 2. The number of anilines is 1. The molecule has 0 amide bonds. The Morgan fingerprint density at radius 1 is 0.619 bits per heavy atom. The van der Waals surface area contributed by atoms with Crippen LogP contribution < -0.4 is 14.2 Å². The number of piperidine rings is 1. The number of aromatic nitrogens is 4. The predicted octanol–water partition coefficient (Wildman–Crippen LogP) is 13.6. The van der Waals surface area contributed by atoms with Gasteiger partial charge < -0.3 is 9.64 Å². The number of ether oxygens (including phenoxy) is 1. The summed E-state index contributed by atoms with van der Waals surface area (Å²) in [4.78, 5) is 7.16. The number of pyridine rings is 1. The van der Waals surface area contributed by atoms with Crippen molar-refractivity contribution < 1.29 is 23.0 Å². The van der Waals surface area contributed by atoms with Crippen LogP contribution in [0.25, 0.3) is 72.3 Å². The van der Waals surface area contributed by atoms with E-state index in [1.54, 1.807) is 22.8 Å². The first-order chi connectivity index (χ1) is 35.0. The van der Waals surface area contributed by atoms with Crippen LogP contribution in [0, 0.1) is 6.33 Å². The van der Waals surface area contributed by atoms with Gasteiger partial charge in [0.2, 0.25) is 0 Å². The van der Waals surface area contributed by atoms with E-state index in [9.17, 15) is 0 Å². The van der Waals surface area contributed by atoms with Crippen molar-refractivity contribution in [3.05, 3.63) is 194 Å². The summed E-state index contributed by atoms with van der Waals surface area (Å²) in [5, 5.41) is 2.14. The van der Waals surface area contributed by atoms with E-state index in [1.807, 2.05) is 71.4 Å². The Kier molecular flexibility index (Phi) is 7.26. The minimum Gasteiger partial charge on any atom is -0.458 e. The first-order valence-electron chi connectivity index (χ1n) is 26.3. The highest BCUT2D eigenvalue weighted by molar-refractivity contribution is 6.09. The Bertz CT molecular complexity index is 3740. The molecule has 0 saturated carbocycles. The average molecular weight is 830 g/mol. The summed E-state index contributed by atoms with van der Waals surface area (Å²) in [5.41, 5.74) is 6.20. The van der Waals surface area contributed by atoms with Gasteiger partial charge in [-0.05, 0) is 113 Å². The van der Waals surface area contributed by atoms with Crippen LogP contribution in [-0.4, -0.2) is 27.2 Å². The molecule has 1 aliphatic rings. The quantitative estimate of drug-likeness (QED) is 0.113. The molecule has 0 radical (unpaired) electrons. The van der Waals surface area contributed by atoms with Crippen molar-refractivity contribution in [2.24, 2.45) is 0 Å². The van der Waals surface area contributed by atoms with Crippen LogP contribution in [0.1, 0.15) is 59.3 Å². The number of hydrogen-bond acceptors (Lipinski definition) is 3. The number of fused-ring (bicyclic) bond motifs is 4. The maximum atomic E-state index is 9.15. The zero-order valence-corrected chi connectivity index (χ0v) is 35.2. The van der Waals surface area contributed by atoms with Gasteiger partial charge in [-0.1, -0.05) is 130 Å². The molecule has 0 unspecified atom stereocenters. The molecule has 1 fully saturated rings. The van der Waals surface area contributed by atoms with Gasteiger partial charge in [-0.2, -0.15) is 0 Å². The van der Waals surface area contributed by atoms with Gasteiger partial charge >= 0.3 is 0 Å². The minimum absolute atomic E-state index is 0.0898. The van der Waals surface area contributed by atoms with Gasteiger partial charge in [0.15, 0.2) is 0 Å². The molecule has 7 aromatic carbocycles. The van der Waals surface area contributed by atoms with E-state index in [-0.39, 0.29) is 33.4 Å². The average Bonchev–Trinajstić information content (AvgIpc) is 3.94. The third-order valence-electron chi connectivity index (χ3n) is 12.0. The standard InChI is InChI=1S/C57H49N5O/c1-57(2,3)42-31-32-58-55(35-42)62-51-26-12-11-23-49(51)50-29-28-46(38-53(50)62)63-45-22-15-21-44(36-45)60-39-61(54-37-43(27-30-52(54)60)59-33-13-6-14-34-59)56-47(40-17-7-4-8-18-40)24-16-25-48(56)41-19-9-5-10-20-41/h4-5,7-12,15-32,35-38H,6,13-14,33-34H2,1-3H3/i4D,5D,7D,8D,9D,10D,17D,18D,19D,20D. The SMILES string of the molecule is [2H]c1c([2H])c([2H])c(-c2cccc(-c3c([2H])c([2H])c([2H])c([2H])c3[2H])c2-[n+]2[c-]n(-c3cccc(Oc4ccc5c6ccccc6n(-c6cc(C(C)(C)C)ccn6)c5c4)c3)c3ccc(N4CCCCC4)cc32)c([2H])c1[2H]. The van der Waals surface area contributed by atoms with E-state index in [0.29, 0.717) is 28.2 Å². The molecule has 1 aliphatic heterocycles. The van der Waals surface area contributed by atoms with Gasteiger partial charge in [0.1, 0.15) is 17.3 Å². The van der Waals surface area contributed by atoms with E-state index in [0.717, 1.165) is 71.2 Å². The highest BCUT2D eigenvalue weighted by atomic mass is 16.5. The van der Waals surface area contributed by atoms with Crippen LogP contribution in [0.2, 0.25) is 0 Å². The Morgan fingerprint density at radius 3 is 2.06 bits per heavy atom. The van der Waals surface area contributed by atoms with Crippen molar-refractivity contribution in [1.82, 2.24) is 14.1 Å². The lowest BCUT2D eigenvalue weighted by Gasteiger charge is -2.29. The van der Waals surface area contributed by atoms with Crippen molar-refractivity contribution >= 4 is 38.5 Å². The fourth-order valence-corrected chi connectivity index (χ4v) is 8.85. The predicted molar refractivity (Wildman–Crippen MR) is 258 cm³/mol. The lowest BCUT2D eigenvalue weighted by molar-refractivity contribution is -0.571. The molecule has 0 bridgehead atoms. The summed E-state index contributed by atoms with van der Waals surface area (Å²) < 4.78 is 101. The smallest absolute Gasteiger partial charge is 0.269 e. The van der Waals surface area contributed by atoms with Crippen molar-refractivity contribution in [2.75, 3.05) is 18.0 Å². The topological polar surface area (TPSA) is 39.1 Å². The molecule has 3 aromatic heterocycles. The fourth-order valence-electron chi connectivity index (χ4n) is 8.85. The van der Waals surface area contributed by atoms with Crippen molar-refractivity contribution in [3.8, 4) is 50.9 Å². The summed E-state index contributed by atoms with van der Waals surface area (Å²) >= 11 is 0. The molecular weight excluding hydrogens is 771 g/mol. The highest BCUT2D eigenvalue weighted by Crippen LogP contribution is 2.38. The molecule has 63 heavy (non-hydrogen) atoms. The largest absolute Gasteiger partial charge is 0.458 e. The lowest BCUT2D eigenvalue weighted by atomic mass is 9.88. The van der Waals surface area contributed by atoms with Gasteiger partial charge in [-0.15, -0.1) is 0 Å². The van der Waals surface area contributed by atoms with Crippen LogP contribution in [0.5, 0.6) is 11.5 Å². The Morgan fingerprint density at radius 2 is 1.32 bits per heavy atom. The van der Waals surface area contributed by atoms with Crippen LogP contribution in [0.15, 0.2) is 182 Å². The molecule has 6 heteroatoms. The van der Waals surface area contributed by atoms with Crippen molar-refractivity contribution in [1.29, 1.82) is 0 Å². The molecule has 10 aromatic rings. The maximum Gasteiger partial charge on any atom is 0.269 e. The number of benzene rings is 7. The molecule has 0 aliphatic carbocycles. The van der Waals surface area contributed by atoms with Gasteiger partial charge in [0.05, 0.1) is 47.1 Å². The zero-order valence-electron chi connectivity index (χ0n) is 45.2. The van der Waals surface area contributed by atoms with Gasteiger partial charge in [0, 0.05) is 41.8 Å². The summed E-state index contributed by atoms with van der Waals surface area (Å²) in [7, 11) is 0. The molecule has 11 rings (SSSR count). The van der Waals surface area contributed by atoms with Crippen LogP contribution in [-0.2, 0) is 5.41 Å². The molecule has 0 N–H and O–H groups in total. The van der Waals surface area contributed by atoms with Gasteiger partial charge in [-0.3, -0.25) is 13.7 Å². The summed E-state index contributed by atoms with van der Waals surface area (Å²) in [5.74, 6) is 1.92. The monoisotopic (exact) mass is 829 g/mol. The number of imidazole rings is 1. The second-order valence-electron chi connectivity index (χ2n) is 17.0. The van der Waals surface area contributed by atoms with Crippen molar-refractivity contribution in [2.45, 2.75) is 45.4 Å². The Hall–Kier alpha value is -7.44. The van der Waals surface area contributed by atoms with Crippen LogP contribution in [0.3, 0.4) is 0 Å². The molecule has 6 nitrogen and oxygen atoms in total. The molecule has 0 spiro atoms. The fraction of sp³-hybridized carbons (Fsp3) is 0.158. The van der Waals surface area contributed by atoms with Crippen LogP contribution >= 0.6 is 0 Å². The summed E-state index contributed by atoms with van der Waals surface area (Å²) in [6.07, 6.45) is 8.56. The third-order valence-corrected chi connectivity index (χ3v) is 12.0. The van der Waals surface area contributed by atoms with E-state index >= 15 is 0 Å². The Labute approximate surface area is 383 Å².